The Morgan fingerprint density at radius 3 is 2.71 bits per heavy atom. The van der Waals surface area contributed by atoms with Gasteiger partial charge in [-0.25, -0.2) is 8.78 Å². The number of thiol groups is 1. The number of hydrogen-bond acceptors (Lipinski definition) is 2. The fourth-order valence-electron chi connectivity index (χ4n) is 0.905. The van der Waals surface area contributed by atoms with E-state index in [1.165, 1.54) is 6.07 Å². The summed E-state index contributed by atoms with van der Waals surface area (Å²) >= 11 is 3.85. The first-order chi connectivity index (χ1) is 6.63. The molecule has 2 nitrogen and oxygen atoms in total. The standard InChI is InChI=1S/C9H9F2NOS/c10-6-1-2-8(7(11)5-6)12-9(13)3-4-14/h1-2,5,14H,3-4H2,(H,12,13). The highest BCUT2D eigenvalue weighted by Gasteiger charge is 2.06. The van der Waals surface area contributed by atoms with Crippen LogP contribution in [0.4, 0.5) is 14.5 Å². The van der Waals surface area contributed by atoms with Gasteiger partial charge in [0.2, 0.25) is 5.91 Å². The van der Waals surface area contributed by atoms with Gasteiger partial charge in [-0.15, -0.1) is 0 Å². The van der Waals surface area contributed by atoms with Crippen molar-refractivity contribution in [1.29, 1.82) is 0 Å². The SMILES string of the molecule is O=C(CCS)Nc1ccc(F)cc1F. The lowest BCUT2D eigenvalue weighted by molar-refractivity contribution is -0.115. The molecular formula is C9H9F2NOS. The molecule has 0 atom stereocenters. The van der Waals surface area contributed by atoms with E-state index in [-0.39, 0.29) is 18.0 Å². The van der Waals surface area contributed by atoms with E-state index >= 15 is 0 Å². The third-order valence-corrected chi connectivity index (χ3v) is 1.77. The first-order valence-electron chi connectivity index (χ1n) is 3.99. The highest BCUT2D eigenvalue weighted by atomic mass is 32.1. The Bertz CT molecular complexity index is 344. The maximum Gasteiger partial charge on any atom is 0.225 e. The molecule has 0 fully saturated rings. The normalized spacial score (nSPS) is 9.93. The molecule has 0 spiro atoms. The van der Waals surface area contributed by atoms with Crippen molar-refractivity contribution in [3.8, 4) is 0 Å². The van der Waals surface area contributed by atoms with Gasteiger partial charge in [-0.05, 0) is 17.9 Å². The van der Waals surface area contributed by atoms with Crippen LogP contribution in [0, 0.1) is 11.6 Å². The number of carbonyl (C=O) groups is 1. The quantitative estimate of drug-likeness (QED) is 0.747. The topological polar surface area (TPSA) is 29.1 Å². The number of hydrogen-bond donors (Lipinski definition) is 2. The van der Waals surface area contributed by atoms with Crippen LogP contribution in [0.15, 0.2) is 18.2 Å². The number of nitrogens with one attached hydrogen (secondary N) is 1. The average Bonchev–Trinajstić information content (AvgIpc) is 2.10. The fourth-order valence-corrected chi connectivity index (χ4v) is 1.11. The molecule has 76 valence electrons. The molecule has 1 aromatic carbocycles. The summed E-state index contributed by atoms with van der Waals surface area (Å²) in [6.45, 7) is 0. The van der Waals surface area contributed by atoms with E-state index < -0.39 is 11.6 Å². The molecule has 0 unspecified atom stereocenters. The molecule has 1 N–H and O–H groups in total. The average molecular weight is 217 g/mol. The Balaban J connectivity index is 2.72. The summed E-state index contributed by atoms with van der Waals surface area (Å²) in [6, 6.07) is 2.98. The lowest BCUT2D eigenvalue weighted by atomic mass is 10.3. The van der Waals surface area contributed by atoms with Crippen LogP contribution in [0.3, 0.4) is 0 Å². The molecule has 0 radical (unpaired) electrons. The van der Waals surface area contributed by atoms with Gasteiger partial charge in [0.25, 0.3) is 0 Å². The summed E-state index contributed by atoms with van der Waals surface area (Å²) in [5.74, 6) is -1.41. The smallest absolute Gasteiger partial charge is 0.225 e. The minimum absolute atomic E-state index is 0.0156. The minimum atomic E-state index is -0.780. The third kappa shape index (κ3) is 2.99. The molecule has 1 amide bonds. The van der Waals surface area contributed by atoms with Crippen LogP contribution in [-0.4, -0.2) is 11.7 Å². The summed E-state index contributed by atoms with van der Waals surface area (Å²) in [6.07, 6.45) is 0.194. The Labute approximate surface area is 85.7 Å². The van der Waals surface area contributed by atoms with E-state index in [9.17, 15) is 13.6 Å². The molecule has 0 bridgehead atoms. The maximum atomic E-state index is 13.0. The van der Waals surface area contributed by atoms with Crippen molar-refractivity contribution in [2.75, 3.05) is 11.1 Å². The van der Waals surface area contributed by atoms with E-state index in [1.54, 1.807) is 0 Å². The van der Waals surface area contributed by atoms with Gasteiger partial charge in [-0.3, -0.25) is 4.79 Å². The molecule has 0 aromatic heterocycles. The largest absolute Gasteiger partial charge is 0.324 e. The van der Waals surface area contributed by atoms with Gasteiger partial charge in [-0.2, -0.15) is 12.6 Å². The molecular weight excluding hydrogens is 208 g/mol. The lowest BCUT2D eigenvalue weighted by Crippen LogP contribution is -2.12. The number of carbonyl (C=O) groups excluding carboxylic acids is 1. The highest BCUT2D eigenvalue weighted by Crippen LogP contribution is 2.14. The third-order valence-electron chi connectivity index (χ3n) is 1.54. The van der Waals surface area contributed by atoms with Gasteiger partial charge in [0.1, 0.15) is 11.6 Å². The summed E-state index contributed by atoms with van der Waals surface area (Å²) in [7, 11) is 0. The molecule has 0 saturated carbocycles. The van der Waals surface area contributed by atoms with Crippen LogP contribution < -0.4 is 5.32 Å². The van der Waals surface area contributed by atoms with Gasteiger partial charge in [0.05, 0.1) is 5.69 Å². The number of halogens is 2. The zero-order chi connectivity index (χ0) is 10.6. The van der Waals surface area contributed by atoms with Crippen LogP contribution >= 0.6 is 12.6 Å². The number of amides is 1. The van der Waals surface area contributed by atoms with Gasteiger partial charge >= 0.3 is 0 Å². The van der Waals surface area contributed by atoms with Gasteiger partial charge in [0, 0.05) is 12.5 Å². The highest BCUT2D eigenvalue weighted by molar-refractivity contribution is 7.80. The monoisotopic (exact) mass is 217 g/mol. The number of anilines is 1. The number of rotatable bonds is 3. The summed E-state index contributed by atoms with van der Waals surface area (Å²) in [5, 5.41) is 2.31. The predicted octanol–water partition coefficient (Wildman–Crippen LogP) is 2.22. The molecule has 0 heterocycles. The van der Waals surface area contributed by atoms with Crippen LogP contribution in [0.25, 0.3) is 0 Å². The Hall–Kier alpha value is -1.10. The van der Waals surface area contributed by atoms with Crippen molar-refractivity contribution in [3.05, 3.63) is 29.8 Å². The van der Waals surface area contributed by atoms with Crippen LogP contribution in [0.5, 0.6) is 0 Å². The fraction of sp³-hybridized carbons (Fsp3) is 0.222. The van der Waals surface area contributed by atoms with E-state index in [1.807, 2.05) is 0 Å². The second-order valence-corrected chi connectivity index (χ2v) is 3.09. The van der Waals surface area contributed by atoms with Crippen molar-refractivity contribution >= 4 is 24.2 Å². The van der Waals surface area contributed by atoms with E-state index in [2.05, 4.69) is 17.9 Å². The number of benzene rings is 1. The van der Waals surface area contributed by atoms with Gasteiger partial charge in [0.15, 0.2) is 0 Å². The summed E-state index contributed by atoms with van der Waals surface area (Å²) in [5.41, 5.74) is -0.0156. The first-order valence-corrected chi connectivity index (χ1v) is 4.62. The van der Waals surface area contributed by atoms with Crippen LogP contribution in [0.2, 0.25) is 0 Å². The van der Waals surface area contributed by atoms with Crippen molar-refractivity contribution in [2.24, 2.45) is 0 Å². The van der Waals surface area contributed by atoms with E-state index in [0.717, 1.165) is 12.1 Å². The molecule has 0 aliphatic heterocycles. The van der Waals surface area contributed by atoms with Crippen LogP contribution in [-0.2, 0) is 4.79 Å². The van der Waals surface area contributed by atoms with Crippen molar-refractivity contribution < 1.29 is 13.6 Å². The molecule has 5 heteroatoms. The first kappa shape index (κ1) is 11.0. The van der Waals surface area contributed by atoms with Crippen LogP contribution in [0.1, 0.15) is 6.42 Å². The maximum absolute atomic E-state index is 13.0. The summed E-state index contributed by atoms with van der Waals surface area (Å²) in [4.78, 5) is 11.0. The lowest BCUT2D eigenvalue weighted by Gasteiger charge is -2.04. The molecule has 14 heavy (non-hydrogen) atoms. The van der Waals surface area contributed by atoms with Gasteiger partial charge in [-0.1, -0.05) is 0 Å². The minimum Gasteiger partial charge on any atom is -0.324 e. The van der Waals surface area contributed by atoms with E-state index in [0.29, 0.717) is 5.75 Å². The second kappa shape index (κ2) is 4.95. The summed E-state index contributed by atoms with van der Waals surface area (Å²) < 4.78 is 25.4. The molecule has 0 aliphatic carbocycles. The van der Waals surface area contributed by atoms with E-state index in [4.69, 9.17) is 0 Å². The molecule has 0 aliphatic rings. The van der Waals surface area contributed by atoms with Crippen molar-refractivity contribution in [3.63, 3.8) is 0 Å². The molecule has 1 rings (SSSR count). The Morgan fingerprint density at radius 1 is 1.43 bits per heavy atom. The van der Waals surface area contributed by atoms with Gasteiger partial charge < -0.3 is 5.32 Å². The zero-order valence-corrected chi connectivity index (χ0v) is 8.15. The predicted molar refractivity (Wildman–Crippen MR) is 53.5 cm³/mol. The zero-order valence-electron chi connectivity index (χ0n) is 7.26. The Morgan fingerprint density at radius 2 is 2.14 bits per heavy atom. The van der Waals surface area contributed by atoms with Crippen molar-refractivity contribution in [1.82, 2.24) is 0 Å². The second-order valence-electron chi connectivity index (χ2n) is 2.65. The Kier molecular flexibility index (Phi) is 3.88. The molecule has 0 saturated heterocycles. The van der Waals surface area contributed by atoms with Crippen molar-refractivity contribution in [2.45, 2.75) is 6.42 Å². The molecule has 1 aromatic rings.